The number of hydrogen-bond acceptors (Lipinski definition) is 8. The minimum Gasteiger partial charge on any atom is -0.376 e. The summed E-state index contributed by atoms with van der Waals surface area (Å²) in [7, 11) is 0. The van der Waals surface area contributed by atoms with E-state index in [1.54, 1.807) is 0 Å². The number of nitrogens with one attached hydrogen (secondary N) is 2. The van der Waals surface area contributed by atoms with E-state index in [1.165, 1.54) is 0 Å². The van der Waals surface area contributed by atoms with E-state index in [4.69, 9.17) is 10.2 Å². The predicted molar refractivity (Wildman–Crippen MR) is 85.6 cm³/mol. The number of ketones is 2. The van der Waals surface area contributed by atoms with E-state index in [9.17, 15) is 28.8 Å². The smallest absolute Gasteiger partial charge is 0.326 e. The first-order valence-electron chi connectivity index (χ1n) is 8.26. The number of hydrogen-bond donors (Lipinski definition) is 4. The fourth-order valence-corrected chi connectivity index (χ4v) is 2.94. The molecule has 0 bridgehead atoms. The lowest BCUT2D eigenvalue weighted by Gasteiger charge is -2.18. The van der Waals surface area contributed by atoms with Crippen LogP contribution < -0.4 is 10.6 Å². The first-order valence-corrected chi connectivity index (χ1v) is 8.26. The molecule has 0 aromatic rings. The van der Waals surface area contributed by atoms with Gasteiger partial charge in [0.1, 0.15) is 37.1 Å². The highest BCUT2D eigenvalue weighted by Gasteiger charge is 2.40. The van der Waals surface area contributed by atoms with Gasteiger partial charge in [0.15, 0.2) is 0 Å². The van der Waals surface area contributed by atoms with Crippen molar-refractivity contribution in [2.24, 2.45) is 0 Å². The lowest BCUT2D eigenvalue weighted by atomic mass is 10.0. The van der Waals surface area contributed by atoms with Crippen LogP contribution in [0.1, 0.15) is 32.1 Å². The SMILES string of the molecule is O=C(CCCC(=O)CC1C(=O)NC(=O)N1CO)CC1C(=O)NC(=O)N1CO. The van der Waals surface area contributed by atoms with Crippen LogP contribution in [0.2, 0.25) is 0 Å². The molecule has 2 saturated heterocycles. The molecule has 0 aliphatic carbocycles. The minimum absolute atomic E-state index is 0.0253. The van der Waals surface area contributed by atoms with E-state index < -0.39 is 49.4 Å². The Hall–Kier alpha value is -2.86. The highest BCUT2D eigenvalue weighted by atomic mass is 16.3. The first kappa shape index (κ1) is 20.5. The number of urea groups is 2. The van der Waals surface area contributed by atoms with Crippen LogP contribution in [0.25, 0.3) is 0 Å². The number of rotatable bonds is 10. The number of amides is 6. The molecule has 2 unspecified atom stereocenters. The van der Waals surface area contributed by atoms with Gasteiger partial charge in [-0.2, -0.15) is 0 Å². The van der Waals surface area contributed by atoms with Crippen LogP contribution in [0, 0.1) is 0 Å². The molecular weight excluding hydrogens is 364 g/mol. The quantitative estimate of drug-likeness (QED) is 0.307. The summed E-state index contributed by atoms with van der Waals surface area (Å²) in [6.07, 6.45) is -0.431. The van der Waals surface area contributed by atoms with E-state index in [2.05, 4.69) is 0 Å². The molecule has 0 spiro atoms. The van der Waals surface area contributed by atoms with Gasteiger partial charge >= 0.3 is 12.1 Å². The molecule has 4 N–H and O–H groups in total. The van der Waals surface area contributed by atoms with E-state index >= 15 is 0 Å². The van der Waals surface area contributed by atoms with Crippen LogP contribution in [0.15, 0.2) is 0 Å². The molecule has 12 heteroatoms. The second-order valence-corrected chi connectivity index (χ2v) is 6.18. The third kappa shape index (κ3) is 4.65. The van der Waals surface area contributed by atoms with Gasteiger partial charge in [-0.3, -0.25) is 39.6 Å². The number of carbonyl (C=O) groups is 6. The number of imide groups is 2. The molecule has 12 nitrogen and oxygen atoms in total. The summed E-state index contributed by atoms with van der Waals surface area (Å²) in [5.74, 6) is -2.05. The first-order chi connectivity index (χ1) is 12.8. The summed E-state index contributed by atoms with van der Waals surface area (Å²) in [6.45, 7) is -1.39. The van der Waals surface area contributed by atoms with Crippen molar-refractivity contribution < 1.29 is 39.0 Å². The summed E-state index contributed by atoms with van der Waals surface area (Å²) in [5.41, 5.74) is 0. The van der Waals surface area contributed by atoms with Crippen LogP contribution in [-0.4, -0.2) is 81.0 Å². The Bertz CT molecular complexity index is 623. The summed E-state index contributed by atoms with van der Waals surface area (Å²) < 4.78 is 0. The maximum absolute atomic E-state index is 12.0. The highest BCUT2D eigenvalue weighted by molar-refractivity contribution is 6.06. The standard InChI is InChI=1S/C15H20N4O8/c20-6-18-10(12(24)16-14(18)26)4-8(22)2-1-3-9(23)5-11-13(25)17-15(27)19(11)7-21/h10-11,20-21H,1-7H2,(H,16,24,26)(H,17,25,27). The second-order valence-electron chi connectivity index (χ2n) is 6.18. The maximum atomic E-state index is 12.0. The number of Topliss-reactive ketones (excluding diaryl/α,β-unsaturated/α-hetero) is 2. The van der Waals surface area contributed by atoms with Crippen molar-refractivity contribution in [1.82, 2.24) is 20.4 Å². The Morgan fingerprint density at radius 3 is 1.48 bits per heavy atom. The molecule has 6 amide bonds. The number of aliphatic hydroxyl groups is 2. The van der Waals surface area contributed by atoms with Gasteiger partial charge < -0.3 is 10.2 Å². The number of aliphatic hydroxyl groups excluding tert-OH is 2. The molecule has 2 atom stereocenters. The van der Waals surface area contributed by atoms with Gasteiger partial charge in [0, 0.05) is 25.7 Å². The van der Waals surface area contributed by atoms with Gasteiger partial charge in [-0.25, -0.2) is 9.59 Å². The normalized spacial score (nSPS) is 22.3. The number of carbonyl (C=O) groups excluding carboxylic acids is 6. The molecule has 0 aromatic heterocycles. The minimum atomic E-state index is -1.07. The Kier molecular flexibility index (Phi) is 6.58. The van der Waals surface area contributed by atoms with Crippen molar-refractivity contribution in [1.29, 1.82) is 0 Å². The summed E-state index contributed by atoms with van der Waals surface area (Å²) in [5, 5.41) is 22.2. The fourth-order valence-electron chi connectivity index (χ4n) is 2.94. The molecule has 2 rings (SSSR count). The van der Waals surface area contributed by atoms with Gasteiger partial charge in [0.25, 0.3) is 11.8 Å². The maximum Gasteiger partial charge on any atom is 0.326 e. The van der Waals surface area contributed by atoms with Gasteiger partial charge in [0.2, 0.25) is 0 Å². The van der Waals surface area contributed by atoms with Gasteiger partial charge in [0.05, 0.1) is 0 Å². The third-order valence-corrected chi connectivity index (χ3v) is 4.40. The van der Waals surface area contributed by atoms with Crippen LogP contribution >= 0.6 is 0 Å². The van der Waals surface area contributed by atoms with Gasteiger partial charge in [-0.05, 0) is 6.42 Å². The van der Waals surface area contributed by atoms with Crippen LogP contribution in [-0.2, 0) is 19.2 Å². The molecule has 2 aliphatic heterocycles. The highest BCUT2D eigenvalue weighted by Crippen LogP contribution is 2.16. The molecule has 2 heterocycles. The molecule has 0 saturated carbocycles. The second kappa shape index (κ2) is 8.68. The van der Waals surface area contributed by atoms with E-state index in [-0.39, 0.29) is 43.7 Å². The molecule has 27 heavy (non-hydrogen) atoms. The molecular formula is C15H20N4O8. The van der Waals surface area contributed by atoms with E-state index in [1.807, 2.05) is 10.6 Å². The van der Waals surface area contributed by atoms with Crippen LogP contribution in [0.5, 0.6) is 0 Å². The topological polar surface area (TPSA) is 173 Å². The average molecular weight is 384 g/mol. The van der Waals surface area contributed by atoms with Gasteiger partial charge in [-0.15, -0.1) is 0 Å². The van der Waals surface area contributed by atoms with Crippen LogP contribution in [0.3, 0.4) is 0 Å². The Labute approximate surface area is 153 Å². The van der Waals surface area contributed by atoms with Crippen molar-refractivity contribution in [2.75, 3.05) is 13.5 Å². The Morgan fingerprint density at radius 1 is 0.778 bits per heavy atom. The Morgan fingerprint density at radius 2 is 1.15 bits per heavy atom. The molecule has 0 aromatic carbocycles. The largest absolute Gasteiger partial charge is 0.376 e. The summed E-state index contributed by atoms with van der Waals surface area (Å²) in [4.78, 5) is 71.6. The molecule has 2 fully saturated rings. The average Bonchev–Trinajstić information content (AvgIpc) is 3.02. The number of nitrogens with zero attached hydrogens (tertiary/aromatic N) is 2. The molecule has 0 radical (unpaired) electrons. The fraction of sp³-hybridized carbons (Fsp3) is 0.600. The zero-order valence-electron chi connectivity index (χ0n) is 14.3. The van der Waals surface area contributed by atoms with Crippen molar-refractivity contribution >= 4 is 35.4 Å². The van der Waals surface area contributed by atoms with Crippen molar-refractivity contribution in [3.8, 4) is 0 Å². The third-order valence-electron chi connectivity index (χ3n) is 4.40. The van der Waals surface area contributed by atoms with Crippen LogP contribution in [0.4, 0.5) is 9.59 Å². The van der Waals surface area contributed by atoms with E-state index in [0.29, 0.717) is 0 Å². The predicted octanol–water partition coefficient (Wildman–Crippen LogP) is -2.18. The lowest BCUT2D eigenvalue weighted by Crippen LogP contribution is -2.37. The monoisotopic (exact) mass is 384 g/mol. The van der Waals surface area contributed by atoms with Crippen molar-refractivity contribution in [2.45, 2.75) is 44.2 Å². The van der Waals surface area contributed by atoms with Crippen molar-refractivity contribution in [3.63, 3.8) is 0 Å². The van der Waals surface area contributed by atoms with E-state index in [0.717, 1.165) is 9.80 Å². The van der Waals surface area contributed by atoms with Gasteiger partial charge in [-0.1, -0.05) is 0 Å². The molecule has 2 aliphatic rings. The van der Waals surface area contributed by atoms with Crippen molar-refractivity contribution in [3.05, 3.63) is 0 Å². The summed E-state index contributed by atoms with van der Waals surface area (Å²) in [6, 6.07) is -3.68. The lowest BCUT2D eigenvalue weighted by molar-refractivity contribution is -0.128. The zero-order valence-corrected chi connectivity index (χ0v) is 14.3. The Balaban J connectivity index is 1.75. The summed E-state index contributed by atoms with van der Waals surface area (Å²) >= 11 is 0. The molecule has 148 valence electrons. The zero-order chi connectivity index (χ0) is 20.1.